The number of benzene rings is 1. The van der Waals surface area contributed by atoms with E-state index >= 15 is 0 Å². The molecule has 172 valence electrons. The number of carbonyl (C=O) groups is 2. The maximum absolute atomic E-state index is 14.0. The van der Waals surface area contributed by atoms with Gasteiger partial charge in [-0.25, -0.2) is 4.98 Å². The molecule has 3 N–H and O–H groups in total. The second-order valence-electron chi connectivity index (χ2n) is 9.45. The zero-order chi connectivity index (χ0) is 22.6. The fraction of sp³-hybridized carbons (Fsp3) is 0.560. The summed E-state index contributed by atoms with van der Waals surface area (Å²) in [4.78, 5) is 31.0. The summed E-state index contributed by atoms with van der Waals surface area (Å²) in [6.07, 6.45) is 10.9. The number of nitrogens with one attached hydrogen (secondary N) is 1. The number of aromatic nitrogens is 2. The maximum Gasteiger partial charge on any atom is 0.154 e. The van der Waals surface area contributed by atoms with Crippen molar-refractivity contribution in [3.8, 4) is 0 Å². The van der Waals surface area contributed by atoms with Crippen LogP contribution in [0.2, 0.25) is 5.02 Å². The Morgan fingerprint density at radius 2 is 2.03 bits per heavy atom. The number of imidazole rings is 1. The van der Waals surface area contributed by atoms with Crippen molar-refractivity contribution in [3.05, 3.63) is 53.6 Å². The zero-order valence-electron chi connectivity index (χ0n) is 18.5. The van der Waals surface area contributed by atoms with E-state index in [2.05, 4.69) is 14.9 Å². The molecule has 3 unspecified atom stereocenters. The Morgan fingerprint density at radius 1 is 1.28 bits per heavy atom. The van der Waals surface area contributed by atoms with Crippen molar-refractivity contribution in [2.75, 3.05) is 13.1 Å². The molecule has 0 bridgehead atoms. The lowest BCUT2D eigenvalue weighted by atomic mass is 9.59. The van der Waals surface area contributed by atoms with Crippen LogP contribution in [0.3, 0.4) is 0 Å². The van der Waals surface area contributed by atoms with Crippen molar-refractivity contribution in [3.63, 3.8) is 0 Å². The third-order valence-electron chi connectivity index (χ3n) is 7.48. The lowest BCUT2D eigenvalue weighted by Crippen LogP contribution is -2.52. The first-order chi connectivity index (χ1) is 15.5. The molecular weight excluding hydrogens is 424 g/mol. The van der Waals surface area contributed by atoms with Crippen LogP contribution in [0.4, 0.5) is 0 Å². The number of hydrogen-bond acceptors (Lipinski definition) is 5. The monoisotopic (exact) mass is 456 g/mol. The normalized spacial score (nSPS) is 22.6. The lowest BCUT2D eigenvalue weighted by molar-refractivity contribution is -0.139. The summed E-state index contributed by atoms with van der Waals surface area (Å²) in [5.41, 5.74) is 7.30. The molecule has 0 spiro atoms. The van der Waals surface area contributed by atoms with Gasteiger partial charge in [-0.3, -0.25) is 9.59 Å². The minimum Gasteiger partial charge on any atom is -0.337 e. The molecule has 6 nitrogen and oxygen atoms in total. The number of nitrogens with zero attached hydrogens (tertiary/aromatic N) is 2. The van der Waals surface area contributed by atoms with Crippen LogP contribution in [0.15, 0.2) is 43.0 Å². The van der Waals surface area contributed by atoms with Gasteiger partial charge in [0.15, 0.2) is 5.78 Å². The molecule has 2 aromatic rings. The second kappa shape index (κ2) is 10.3. The smallest absolute Gasteiger partial charge is 0.154 e. The largest absolute Gasteiger partial charge is 0.337 e. The number of rotatable bonds is 9. The molecule has 2 heterocycles. The Kier molecular flexibility index (Phi) is 7.44. The van der Waals surface area contributed by atoms with Crippen molar-refractivity contribution in [1.29, 1.82) is 0 Å². The average molecular weight is 457 g/mol. The van der Waals surface area contributed by atoms with Gasteiger partial charge in [0.1, 0.15) is 5.78 Å². The molecule has 32 heavy (non-hydrogen) atoms. The molecular formula is C25H33ClN4O2. The van der Waals surface area contributed by atoms with Crippen LogP contribution in [-0.2, 0) is 22.6 Å². The highest BCUT2D eigenvalue weighted by Crippen LogP contribution is 2.48. The first-order valence-corrected chi connectivity index (χ1v) is 12.1. The Labute approximate surface area is 194 Å². The number of halogens is 1. The molecule has 1 saturated heterocycles. The van der Waals surface area contributed by atoms with E-state index < -0.39 is 6.04 Å². The van der Waals surface area contributed by atoms with E-state index in [0.717, 1.165) is 57.3 Å². The number of aryl methyl sites for hydroxylation is 1. The number of Topliss-reactive ketones (excluding diaryl/α,β-unsaturated/α-hetero) is 2. The van der Waals surface area contributed by atoms with Crippen LogP contribution in [-0.4, -0.2) is 40.2 Å². The summed E-state index contributed by atoms with van der Waals surface area (Å²) in [7, 11) is 0. The molecule has 1 saturated carbocycles. The fourth-order valence-electron chi connectivity index (χ4n) is 5.74. The highest BCUT2D eigenvalue weighted by molar-refractivity contribution is 6.30. The molecule has 2 fully saturated rings. The van der Waals surface area contributed by atoms with Gasteiger partial charge in [-0.15, -0.1) is 0 Å². The van der Waals surface area contributed by atoms with Gasteiger partial charge in [-0.2, -0.15) is 0 Å². The van der Waals surface area contributed by atoms with Crippen molar-refractivity contribution in [1.82, 2.24) is 14.9 Å². The van der Waals surface area contributed by atoms with E-state index in [9.17, 15) is 9.59 Å². The van der Waals surface area contributed by atoms with E-state index in [1.807, 2.05) is 36.8 Å². The molecule has 0 amide bonds. The van der Waals surface area contributed by atoms with Gasteiger partial charge in [0, 0.05) is 42.2 Å². The molecule has 1 aliphatic carbocycles. The first kappa shape index (κ1) is 23.1. The number of nitrogens with two attached hydrogens (primary N) is 1. The van der Waals surface area contributed by atoms with Crippen LogP contribution in [0.1, 0.15) is 44.1 Å². The highest BCUT2D eigenvalue weighted by Gasteiger charge is 2.50. The van der Waals surface area contributed by atoms with Crippen LogP contribution >= 0.6 is 11.6 Å². The molecule has 2 aliphatic rings. The summed E-state index contributed by atoms with van der Waals surface area (Å²) in [5, 5.41) is 4.11. The summed E-state index contributed by atoms with van der Waals surface area (Å²) < 4.78 is 2.06. The van der Waals surface area contributed by atoms with Gasteiger partial charge in [0.05, 0.1) is 12.4 Å². The second-order valence-corrected chi connectivity index (χ2v) is 9.88. The molecule has 4 rings (SSSR count). The summed E-state index contributed by atoms with van der Waals surface area (Å²) in [5.74, 6) is -0.250. The number of hydrogen-bond donors (Lipinski definition) is 2. The molecule has 1 aromatic heterocycles. The highest BCUT2D eigenvalue weighted by atomic mass is 35.5. The quantitative estimate of drug-likeness (QED) is 0.603. The van der Waals surface area contributed by atoms with E-state index in [4.69, 9.17) is 17.3 Å². The maximum atomic E-state index is 14.0. The fourth-order valence-corrected chi connectivity index (χ4v) is 5.87. The number of piperidine rings is 1. The Balaban J connectivity index is 1.61. The third kappa shape index (κ3) is 5.13. The van der Waals surface area contributed by atoms with E-state index in [1.54, 1.807) is 6.20 Å². The van der Waals surface area contributed by atoms with Crippen LogP contribution in [0.5, 0.6) is 0 Å². The van der Waals surface area contributed by atoms with Crippen LogP contribution in [0.25, 0.3) is 0 Å². The minimum atomic E-state index is -0.630. The number of carbonyl (C=O) groups excluding carboxylic acids is 2. The third-order valence-corrected chi connectivity index (χ3v) is 7.73. The first-order valence-electron chi connectivity index (χ1n) is 11.7. The van der Waals surface area contributed by atoms with Gasteiger partial charge in [-0.05, 0) is 74.7 Å². The summed E-state index contributed by atoms with van der Waals surface area (Å²) >= 11 is 6.01. The van der Waals surface area contributed by atoms with Gasteiger partial charge in [-0.1, -0.05) is 23.7 Å². The summed E-state index contributed by atoms with van der Waals surface area (Å²) in [6, 6.07) is 6.86. The molecule has 1 aromatic carbocycles. The minimum absolute atomic E-state index is 0.0488. The predicted octanol–water partition coefficient (Wildman–Crippen LogP) is 3.42. The van der Waals surface area contributed by atoms with Crippen molar-refractivity contribution in [2.24, 2.45) is 23.0 Å². The molecule has 3 atom stereocenters. The standard InChI is InChI=1S/C25H33ClN4O2/c26-19-6-4-18(5-7-19)16-21(27)24(32)23(20-2-1-3-22(20)31)25(8-11-28-12-9-25)10-14-30-15-13-29-17-30/h4-7,13,15,17,20-21,23,28H,1-3,8-12,14,16,27H2. The molecule has 0 radical (unpaired) electrons. The van der Waals surface area contributed by atoms with Gasteiger partial charge < -0.3 is 15.6 Å². The Bertz CT molecular complexity index is 907. The van der Waals surface area contributed by atoms with Gasteiger partial charge in [0.2, 0.25) is 0 Å². The van der Waals surface area contributed by atoms with Crippen molar-refractivity contribution < 1.29 is 9.59 Å². The van der Waals surface area contributed by atoms with Crippen molar-refractivity contribution >= 4 is 23.2 Å². The lowest BCUT2D eigenvalue weighted by Gasteiger charge is -2.46. The molecule has 7 heteroatoms. The SMILES string of the molecule is NC(Cc1ccc(Cl)cc1)C(=O)C(C1CCCC1=O)C1(CCn2ccnc2)CCNCC1. The topological polar surface area (TPSA) is 90.0 Å². The molecule has 1 aliphatic heterocycles. The van der Waals surface area contributed by atoms with Gasteiger partial charge in [0.25, 0.3) is 0 Å². The predicted molar refractivity (Wildman–Crippen MR) is 125 cm³/mol. The summed E-state index contributed by atoms with van der Waals surface area (Å²) in [6.45, 7) is 2.51. The van der Waals surface area contributed by atoms with Crippen LogP contribution < -0.4 is 11.1 Å². The average Bonchev–Trinajstić information content (AvgIpc) is 3.47. The van der Waals surface area contributed by atoms with E-state index in [-0.39, 0.29) is 28.8 Å². The van der Waals surface area contributed by atoms with E-state index in [0.29, 0.717) is 17.9 Å². The zero-order valence-corrected chi connectivity index (χ0v) is 19.3. The number of ketones is 2. The Hall–Kier alpha value is -2.02. The van der Waals surface area contributed by atoms with E-state index in [1.165, 1.54) is 0 Å². The Morgan fingerprint density at radius 3 is 2.66 bits per heavy atom. The van der Waals surface area contributed by atoms with Gasteiger partial charge >= 0.3 is 0 Å². The van der Waals surface area contributed by atoms with Crippen molar-refractivity contribution in [2.45, 2.75) is 57.5 Å². The van der Waals surface area contributed by atoms with Crippen LogP contribution in [0, 0.1) is 17.3 Å².